The van der Waals surface area contributed by atoms with Gasteiger partial charge in [0, 0.05) is 6.42 Å². The van der Waals surface area contributed by atoms with Gasteiger partial charge in [0.1, 0.15) is 5.38 Å². The molecule has 4 nitrogen and oxygen atoms in total. The number of amides is 1. The SMILES string of the molecule is C#CCC(Cl)C(=O)NCC1OCCO1. The van der Waals surface area contributed by atoms with E-state index in [9.17, 15) is 4.79 Å². The zero-order chi connectivity index (χ0) is 10.4. The van der Waals surface area contributed by atoms with Crippen molar-refractivity contribution in [2.45, 2.75) is 18.1 Å². The van der Waals surface area contributed by atoms with Crippen molar-refractivity contribution in [3.8, 4) is 12.3 Å². The second-order valence-electron chi connectivity index (χ2n) is 2.79. The Morgan fingerprint density at radius 2 is 2.29 bits per heavy atom. The monoisotopic (exact) mass is 217 g/mol. The summed E-state index contributed by atoms with van der Waals surface area (Å²) in [4.78, 5) is 11.2. The van der Waals surface area contributed by atoms with Crippen LogP contribution in [-0.4, -0.2) is 37.3 Å². The van der Waals surface area contributed by atoms with Gasteiger partial charge in [0.05, 0.1) is 19.8 Å². The summed E-state index contributed by atoms with van der Waals surface area (Å²) in [7, 11) is 0. The molecule has 1 atom stereocenters. The minimum absolute atomic E-state index is 0.222. The maximum absolute atomic E-state index is 11.2. The van der Waals surface area contributed by atoms with Crippen LogP contribution < -0.4 is 5.32 Å². The predicted octanol–water partition coefficient (Wildman–Crippen LogP) is 0.106. The fourth-order valence-corrected chi connectivity index (χ4v) is 1.18. The van der Waals surface area contributed by atoms with Crippen LogP contribution in [0.5, 0.6) is 0 Å². The van der Waals surface area contributed by atoms with Crippen molar-refractivity contribution in [3.05, 3.63) is 0 Å². The summed E-state index contributed by atoms with van der Waals surface area (Å²) in [6, 6.07) is 0. The summed E-state index contributed by atoms with van der Waals surface area (Å²) in [5, 5.41) is 1.91. The first kappa shape index (κ1) is 11.3. The average molecular weight is 218 g/mol. The molecule has 1 N–H and O–H groups in total. The van der Waals surface area contributed by atoms with Crippen molar-refractivity contribution in [2.24, 2.45) is 0 Å². The van der Waals surface area contributed by atoms with E-state index in [2.05, 4.69) is 11.2 Å². The van der Waals surface area contributed by atoms with Crippen LogP contribution in [0.2, 0.25) is 0 Å². The molecule has 0 radical (unpaired) electrons. The minimum Gasteiger partial charge on any atom is -0.350 e. The van der Waals surface area contributed by atoms with E-state index in [0.717, 1.165) is 0 Å². The van der Waals surface area contributed by atoms with Gasteiger partial charge in [-0.05, 0) is 0 Å². The van der Waals surface area contributed by atoms with E-state index >= 15 is 0 Å². The molecular weight excluding hydrogens is 206 g/mol. The third kappa shape index (κ3) is 3.54. The lowest BCUT2D eigenvalue weighted by molar-refractivity contribution is -0.122. The van der Waals surface area contributed by atoms with Gasteiger partial charge in [-0.3, -0.25) is 4.79 Å². The second kappa shape index (κ2) is 5.86. The smallest absolute Gasteiger partial charge is 0.239 e. The Kier molecular flexibility index (Phi) is 4.74. The topological polar surface area (TPSA) is 47.6 Å². The molecule has 1 heterocycles. The Hall–Kier alpha value is -0.760. The van der Waals surface area contributed by atoms with Crippen molar-refractivity contribution >= 4 is 17.5 Å². The average Bonchev–Trinajstić information content (AvgIpc) is 2.67. The van der Waals surface area contributed by atoms with Crippen LogP contribution >= 0.6 is 11.6 Å². The molecule has 0 aromatic rings. The number of hydrogen-bond acceptors (Lipinski definition) is 3. The van der Waals surface area contributed by atoms with Gasteiger partial charge in [-0.1, -0.05) is 0 Å². The fourth-order valence-electron chi connectivity index (χ4n) is 1.02. The molecule has 0 bridgehead atoms. The molecule has 1 saturated heterocycles. The Labute approximate surface area is 87.9 Å². The van der Waals surface area contributed by atoms with Gasteiger partial charge in [0.25, 0.3) is 0 Å². The number of terminal acetylenes is 1. The largest absolute Gasteiger partial charge is 0.350 e. The zero-order valence-electron chi connectivity index (χ0n) is 7.66. The lowest BCUT2D eigenvalue weighted by Crippen LogP contribution is -2.37. The predicted molar refractivity (Wildman–Crippen MR) is 51.8 cm³/mol. The number of carbonyl (C=O) groups is 1. The number of halogens is 1. The van der Waals surface area contributed by atoms with Gasteiger partial charge in [-0.15, -0.1) is 23.9 Å². The molecule has 0 spiro atoms. The van der Waals surface area contributed by atoms with Crippen molar-refractivity contribution < 1.29 is 14.3 Å². The van der Waals surface area contributed by atoms with Gasteiger partial charge in [-0.25, -0.2) is 0 Å². The highest BCUT2D eigenvalue weighted by Gasteiger charge is 2.19. The van der Waals surface area contributed by atoms with Crippen molar-refractivity contribution in [1.29, 1.82) is 0 Å². The van der Waals surface area contributed by atoms with Gasteiger partial charge >= 0.3 is 0 Å². The summed E-state index contributed by atoms with van der Waals surface area (Å²) in [6.45, 7) is 1.44. The van der Waals surface area contributed by atoms with Gasteiger partial charge in [0.15, 0.2) is 6.29 Å². The van der Waals surface area contributed by atoms with Gasteiger partial charge < -0.3 is 14.8 Å². The molecule has 1 amide bonds. The van der Waals surface area contributed by atoms with E-state index in [4.69, 9.17) is 27.5 Å². The standard InChI is InChI=1S/C9H12ClNO3/c1-2-3-7(10)9(12)11-6-8-13-4-5-14-8/h1,7-8H,3-6H2,(H,11,12). The van der Waals surface area contributed by atoms with E-state index in [-0.39, 0.29) is 18.6 Å². The van der Waals surface area contributed by atoms with E-state index in [1.807, 2.05) is 0 Å². The van der Waals surface area contributed by atoms with Crippen LogP contribution in [0.4, 0.5) is 0 Å². The third-order valence-electron chi connectivity index (χ3n) is 1.72. The molecule has 1 rings (SSSR count). The normalized spacial score (nSPS) is 18.9. The van der Waals surface area contributed by atoms with E-state index in [1.165, 1.54) is 0 Å². The van der Waals surface area contributed by atoms with Crippen LogP contribution in [0.25, 0.3) is 0 Å². The zero-order valence-corrected chi connectivity index (χ0v) is 8.42. The number of rotatable bonds is 4. The maximum Gasteiger partial charge on any atom is 0.239 e. The Balaban J connectivity index is 2.17. The summed E-state index contributed by atoms with van der Waals surface area (Å²) in [5.41, 5.74) is 0. The Bertz CT molecular complexity index is 233. The number of ether oxygens (including phenoxy) is 2. The van der Waals surface area contributed by atoms with Crippen LogP contribution in [0, 0.1) is 12.3 Å². The molecule has 0 aliphatic carbocycles. The van der Waals surface area contributed by atoms with Crippen molar-refractivity contribution in [3.63, 3.8) is 0 Å². The highest BCUT2D eigenvalue weighted by atomic mass is 35.5. The van der Waals surface area contributed by atoms with Crippen LogP contribution in [0.3, 0.4) is 0 Å². The summed E-state index contributed by atoms with van der Waals surface area (Å²) in [5.74, 6) is 2.03. The number of nitrogens with one attached hydrogen (secondary N) is 1. The first-order valence-electron chi connectivity index (χ1n) is 4.32. The second-order valence-corrected chi connectivity index (χ2v) is 3.32. The molecule has 1 aliphatic rings. The maximum atomic E-state index is 11.2. The molecule has 0 aromatic carbocycles. The molecule has 1 aliphatic heterocycles. The van der Waals surface area contributed by atoms with E-state index < -0.39 is 5.38 Å². The van der Waals surface area contributed by atoms with E-state index in [1.54, 1.807) is 0 Å². The number of hydrogen-bond donors (Lipinski definition) is 1. The number of alkyl halides is 1. The molecule has 78 valence electrons. The van der Waals surface area contributed by atoms with E-state index in [0.29, 0.717) is 19.8 Å². The highest BCUT2D eigenvalue weighted by Crippen LogP contribution is 2.04. The summed E-state index contributed by atoms with van der Waals surface area (Å²) in [6.07, 6.45) is 4.89. The van der Waals surface area contributed by atoms with Crippen molar-refractivity contribution in [2.75, 3.05) is 19.8 Å². The van der Waals surface area contributed by atoms with Crippen LogP contribution in [0.15, 0.2) is 0 Å². The molecule has 1 unspecified atom stereocenters. The molecule has 0 saturated carbocycles. The molecule has 0 aromatic heterocycles. The Morgan fingerprint density at radius 1 is 1.64 bits per heavy atom. The fraction of sp³-hybridized carbons (Fsp3) is 0.667. The van der Waals surface area contributed by atoms with Gasteiger partial charge in [0.2, 0.25) is 5.91 Å². The van der Waals surface area contributed by atoms with Crippen molar-refractivity contribution in [1.82, 2.24) is 5.32 Å². The molecule has 14 heavy (non-hydrogen) atoms. The highest BCUT2D eigenvalue weighted by molar-refractivity contribution is 6.30. The Morgan fingerprint density at radius 3 is 2.86 bits per heavy atom. The molecule has 1 fully saturated rings. The lowest BCUT2D eigenvalue weighted by Gasteiger charge is -2.11. The molecule has 5 heteroatoms. The first-order chi connectivity index (χ1) is 6.74. The van der Waals surface area contributed by atoms with Gasteiger partial charge in [-0.2, -0.15) is 0 Å². The third-order valence-corrected chi connectivity index (χ3v) is 2.07. The summed E-state index contributed by atoms with van der Waals surface area (Å²) >= 11 is 5.68. The lowest BCUT2D eigenvalue weighted by atomic mass is 10.3. The minimum atomic E-state index is -0.679. The summed E-state index contributed by atoms with van der Waals surface area (Å²) < 4.78 is 10.2. The molecular formula is C9H12ClNO3. The first-order valence-corrected chi connectivity index (χ1v) is 4.76. The number of carbonyl (C=O) groups excluding carboxylic acids is 1. The quantitative estimate of drug-likeness (QED) is 0.537. The van der Waals surface area contributed by atoms with Crippen LogP contribution in [-0.2, 0) is 14.3 Å². The van der Waals surface area contributed by atoms with Crippen LogP contribution in [0.1, 0.15) is 6.42 Å².